The molecule has 0 saturated carbocycles. The second kappa shape index (κ2) is 5.89. The molecule has 0 aromatic heterocycles. The van der Waals surface area contributed by atoms with Crippen LogP contribution in [0.5, 0.6) is 0 Å². The topological polar surface area (TPSA) is 55.8 Å². The number of hydrogen-bond donors (Lipinski definition) is 0. The number of rotatable bonds is 1. The molecule has 0 N–H and O–H groups in total. The Morgan fingerprint density at radius 2 is 1.48 bits per heavy atom. The minimum absolute atomic E-state index is 0.0372. The molecule has 5 nitrogen and oxygen atoms in total. The Morgan fingerprint density at radius 1 is 1.00 bits per heavy atom. The lowest BCUT2D eigenvalue weighted by Gasteiger charge is -2.23. The Labute approximate surface area is 125 Å². The monoisotopic (exact) mass is 289 g/mol. The maximum atomic E-state index is 11.7. The second-order valence-electron chi connectivity index (χ2n) is 6.36. The maximum absolute atomic E-state index is 11.7. The van der Waals surface area contributed by atoms with E-state index in [1.807, 2.05) is 24.3 Å². The van der Waals surface area contributed by atoms with Gasteiger partial charge < -0.3 is 9.31 Å². The van der Waals surface area contributed by atoms with Crippen LogP contribution in [0.25, 0.3) is 0 Å². The Hall–Kier alpha value is -1.82. The maximum Gasteiger partial charge on any atom is 0.636 e. The van der Waals surface area contributed by atoms with E-state index in [2.05, 4.69) is 20.8 Å². The Kier molecular flexibility index (Phi) is 4.37. The van der Waals surface area contributed by atoms with Gasteiger partial charge in [0.2, 0.25) is 0 Å². The van der Waals surface area contributed by atoms with Gasteiger partial charge in [0.25, 0.3) is 0 Å². The summed E-state index contributed by atoms with van der Waals surface area (Å²) >= 11 is 0. The average Bonchev–Trinajstić information content (AvgIpc) is 2.35. The minimum atomic E-state index is -0.965. The molecule has 2 rings (SSSR count). The summed E-state index contributed by atoms with van der Waals surface area (Å²) in [5.41, 5.74) is 1.86. The molecular formula is C15H20BNO4. The number of benzene rings is 1. The van der Waals surface area contributed by atoms with Crippen molar-refractivity contribution in [2.75, 3.05) is 20.1 Å². The molecule has 0 radical (unpaired) electrons. The van der Waals surface area contributed by atoms with Crippen molar-refractivity contribution in [1.82, 2.24) is 4.90 Å². The Bertz CT molecular complexity index is 516. The molecule has 1 fully saturated rings. The van der Waals surface area contributed by atoms with Crippen molar-refractivity contribution < 1.29 is 18.9 Å². The van der Waals surface area contributed by atoms with Crippen molar-refractivity contribution in [2.45, 2.75) is 26.2 Å². The van der Waals surface area contributed by atoms with E-state index >= 15 is 0 Å². The summed E-state index contributed by atoms with van der Waals surface area (Å²) in [6, 6.07) is 7.58. The third-order valence-corrected chi connectivity index (χ3v) is 3.32. The number of likely N-dealkylation sites (N-methyl/N-ethyl adjacent to an activating group) is 1. The number of hydrogen-bond acceptors (Lipinski definition) is 5. The predicted molar refractivity (Wildman–Crippen MR) is 80.2 cm³/mol. The van der Waals surface area contributed by atoms with Gasteiger partial charge in [0.1, 0.15) is 0 Å². The van der Waals surface area contributed by atoms with Gasteiger partial charge in [-0.3, -0.25) is 14.5 Å². The van der Waals surface area contributed by atoms with E-state index in [0.717, 1.165) is 5.56 Å². The molecule has 6 heteroatoms. The van der Waals surface area contributed by atoms with E-state index in [4.69, 9.17) is 9.31 Å². The SMILES string of the molecule is CN1CC(=O)OB(c2ccc(C(C)(C)C)cc2)OC(=O)C1. The lowest BCUT2D eigenvalue weighted by molar-refractivity contribution is -0.145. The van der Waals surface area contributed by atoms with Gasteiger partial charge in [-0.25, -0.2) is 0 Å². The molecule has 0 atom stereocenters. The van der Waals surface area contributed by atoms with Crippen LogP contribution < -0.4 is 5.46 Å². The van der Waals surface area contributed by atoms with E-state index < -0.39 is 19.1 Å². The van der Waals surface area contributed by atoms with Crippen LogP contribution in [0.1, 0.15) is 26.3 Å². The second-order valence-corrected chi connectivity index (χ2v) is 6.36. The van der Waals surface area contributed by atoms with E-state index in [1.54, 1.807) is 11.9 Å². The van der Waals surface area contributed by atoms with Crippen molar-refractivity contribution >= 4 is 24.5 Å². The van der Waals surface area contributed by atoms with Gasteiger partial charge in [-0.2, -0.15) is 0 Å². The Balaban J connectivity index is 2.19. The molecule has 0 unspecified atom stereocenters. The zero-order valence-electron chi connectivity index (χ0n) is 12.9. The molecule has 112 valence electrons. The highest BCUT2D eigenvalue weighted by Crippen LogP contribution is 2.20. The number of carbonyl (C=O) groups excluding carboxylic acids is 2. The van der Waals surface area contributed by atoms with Gasteiger partial charge in [-0.1, -0.05) is 45.0 Å². The van der Waals surface area contributed by atoms with Crippen LogP contribution in [-0.2, 0) is 24.3 Å². The normalized spacial score (nSPS) is 17.8. The third kappa shape index (κ3) is 4.08. The third-order valence-electron chi connectivity index (χ3n) is 3.32. The molecule has 1 heterocycles. The first-order chi connectivity index (χ1) is 9.75. The molecule has 0 aliphatic carbocycles. The van der Waals surface area contributed by atoms with Crippen molar-refractivity contribution in [3.63, 3.8) is 0 Å². The molecule has 0 spiro atoms. The summed E-state index contributed by atoms with van der Waals surface area (Å²) < 4.78 is 10.4. The van der Waals surface area contributed by atoms with Crippen molar-refractivity contribution in [1.29, 1.82) is 0 Å². The standard InChI is InChI=1S/C15H20BNO4/c1-15(2,3)11-5-7-12(8-6-11)16-20-13(18)9-17(4)10-14(19)21-16/h5-8H,9-10H2,1-4H3. The van der Waals surface area contributed by atoms with Crippen molar-refractivity contribution in [3.05, 3.63) is 29.8 Å². The van der Waals surface area contributed by atoms with Gasteiger partial charge in [0.15, 0.2) is 0 Å². The quantitative estimate of drug-likeness (QED) is 0.713. The first-order valence-corrected chi connectivity index (χ1v) is 6.93. The van der Waals surface area contributed by atoms with E-state index in [0.29, 0.717) is 5.46 Å². The molecule has 21 heavy (non-hydrogen) atoms. The molecule has 0 bridgehead atoms. The fraction of sp³-hybridized carbons (Fsp3) is 0.467. The van der Waals surface area contributed by atoms with E-state index in [-0.39, 0.29) is 18.5 Å². The first-order valence-electron chi connectivity index (χ1n) is 6.93. The van der Waals surface area contributed by atoms with Crippen molar-refractivity contribution in [2.24, 2.45) is 0 Å². The highest BCUT2D eigenvalue weighted by Gasteiger charge is 2.33. The number of carbonyl (C=O) groups is 2. The smallest absolute Gasteiger partial charge is 0.494 e. The summed E-state index contributed by atoms with van der Waals surface area (Å²) in [6.07, 6.45) is 0. The summed E-state index contributed by atoms with van der Waals surface area (Å²) in [4.78, 5) is 25.0. The van der Waals surface area contributed by atoms with Gasteiger partial charge in [-0.15, -0.1) is 0 Å². The molecule has 0 amide bonds. The van der Waals surface area contributed by atoms with E-state index in [1.165, 1.54) is 0 Å². The zero-order chi connectivity index (χ0) is 15.6. The van der Waals surface area contributed by atoms with Crippen LogP contribution in [0.4, 0.5) is 0 Å². The largest absolute Gasteiger partial charge is 0.636 e. The van der Waals surface area contributed by atoms with Crippen LogP contribution in [-0.4, -0.2) is 44.1 Å². The lowest BCUT2D eigenvalue weighted by atomic mass is 9.76. The summed E-state index contributed by atoms with van der Waals surface area (Å²) in [6.45, 7) is 6.51. The molecule has 1 aliphatic rings. The van der Waals surface area contributed by atoms with Gasteiger partial charge in [0.05, 0.1) is 13.1 Å². The first kappa shape index (κ1) is 15.6. The van der Waals surface area contributed by atoms with Crippen LogP contribution in [0, 0.1) is 0 Å². The lowest BCUT2D eigenvalue weighted by Crippen LogP contribution is -2.47. The number of nitrogens with zero attached hydrogens (tertiary/aromatic N) is 1. The molecule has 1 aromatic carbocycles. The molecule has 1 aliphatic heterocycles. The Morgan fingerprint density at radius 3 is 1.90 bits per heavy atom. The predicted octanol–water partition coefficient (Wildman–Crippen LogP) is 0.711. The summed E-state index contributed by atoms with van der Waals surface area (Å²) in [5, 5.41) is 0. The van der Waals surface area contributed by atoms with Crippen LogP contribution >= 0.6 is 0 Å². The van der Waals surface area contributed by atoms with Crippen molar-refractivity contribution in [3.8, 4) is 0 Å². The van der Waals surface area contributed by atoms with Crippen LogP contribution in [0.15, 0.2) is 24.3 Å². The molecule has 1 saturated heterocycles. The molecule has 1 aromatic rings. The molecular weight excluding hydrogens is 269 g/mol. The van der Waals surface area contributed by atoms with Gasteiger partial charge in [0, 0.05) is 5.46 Å². The van der Waals surface area contributed by atoms with Gasteiger partial charge in [-0.05, 0) is 18.0 Å². The summed E-state index contributed by atoms with van der Waals surface area (Å²) in [5.74, 6) is -0.815. The van der Waals surface area contributed by atoms with E-state index in [9.17, 15) is 9.59 Å². The highest BCUT2D eigenvalue weighted by atomic mass is 16.6. The fourth-order valence-corrected chi connectivity index (χ4v) is 2.11. The van der Waals surface area contributed by atoms with Gasteiger partial charge >= 0.3 is 19.1 Å². The minimum Gasteiger partial charge on any atom is -0.494 e. The van der Waals surface area contributed by atoms with Crippen LogP contribution in [0.2, 0.25) is 0 Å². The average molecular weight is 289 g/mol. The van der Waals surface area contributed by atoms with Crippen LogP contribution in [0.3, 0.4) is 0 Å². The summed E-state index contributed by atoms with van der Waals surface area (Å²) in [7, 11) is 0.703. The zero-order valence-corrected chi connectivity index (χ0v) is 12.9. The highest BCUT2D eigenvalue weighted by molar-refractivity contribution is 6.64. The fourth-order valence-electron chi connectivity index (χ4n) is 2.11.